The van der Waals surface area contributed by atoms with Gasteiger partial charge >= 0.3 is 0 Å². The third-order valence-corrected chi connectivity index (χ3v) is 3.61. The van der Waals surface area contributed by atoms with Crippen molar-refractivity contribution >= 4 is 34.4 Å². The Morgan fingerprint density at radius 3 is 2.62 bits per heavy atom. The van der Waals surface area contributed by atoms with Gasteiger partial charge in [-0.3, -0.25) is 9.59 Å². The number of carbonyl (C=O) groups is 2. The van der Waals surface area contributed by atoms with E-state index in [1.807, 2.05) is 0 Å². The fourth-order valence-electron chi connectivity index (χ4n) is 1.47. The van der Waals surface area contributed by atoms with Crippen LogP contribution in [0.5, 0.6) is 0 Å². The Morgan fingerprint density at radius 2 is 2.06 bits per heavy atom. The Kier molecular flexibility index (Phi) is 3.51. The van der Waals surface area contributed by atoms with Crippen molar-refractivity contribution in [2.75, 3.05) is 5.75 Å². The van der Waals surface area contributed by atoms with Crippen LogP contribution in [0.25, 0.3) is 0 Å². The summed E-state index contributed by atoms with van der Waals surface area (Å²) in [4.78, 5) is 23.1. The van der Waals surface area contributed by atoms with Gasteiger partial charge in [0.2, 0.25) is 5.12 Å². The fraction of sp³-hybridized carbons (Fsp3) is 0.273. The van der Waals surface area contributed by atoms with Crippen LogP contribution in [-0.2, 0) is 4.79 Å². The third-order valence-electron chi connectivity index (χ3n) is 2.35. The van der Waals surface area contributed by atoms with Gasteiger partial charge in [0.05, 0.1) is 6.04 Å². The first-order valence-electron chi connectivity index (χ1n) is 4.90. The van der Waals surface area contributed by atoms with Gasteiger partial charge in [0, 0.05) is 16.3 Å². The van der Waals surface area contributed by atoms with Gasteiger partial charge < -0.3 is 5.32 Å². The van der Waals surface area contributed by atoms with E-state index in [4.69, 9.17) is 11.6 Å². The number of rotatable bonds is 2. The van der Waals surface area contributed by atoms with Crippen LogP contribution in [0.2, 0.25) is 5.02 Å². The van der Waals surface area contributed by atoms with Crippen molar-refractivity contribution in [2.45, 2.75) is 12.5 Å². The smallest absolute Gasteiger partial charge is 0.251 e. The average molecular weight is 256 g/mol. The molecular weight excluding hydrogens is 246 g/mol. The second kappa shape index (κ2) is 4.89. The Hall–Kier alpha value is -1.00. The van der Waals surface area contributed by atoms with Crippen molar-refractivity contribution in [3.63, 3.8) is 0 Å². The fourth-order valence-corrected chi connectivity index (χ4v) is 2.53. The predicted octanol–water partition coefficient (Wildman–Crippen LogP) is 2.10. The Balaban J connectivity index is 2.02. The minimum atomic E-state index is -0.340. The molecule has 1 aromatic rings. The molecule has 0 saturated carbocycles. The minimum absolute atomic E-state index is 0.0438. The standard InChI is InChI=1S/C11H10ClNO2S/c12-8-3-1-7(2-4-8)10(14)13-9-5-6-16-11(9)15/h1-4,9H,5-6H2,(H,13,14)/t9-/m0/s1. The van der Waals surface area contributed by atoms with Crippen LogP contribution in [0.4, 0.5) is 0 Å². The van der Waals surface area contributed by atoms with Crippen LogP contribution in [0, 0.1) is 0 Å². The topological polar surface area (TPSA) is 46.2 Å². The molecular formula is C11H10ClNO2S. The summed E-state index contributed by atoms with van der Waals surface area (Å²) in [5.74, 6) is 0.558. The van der Waals surface area contributed by atoms with E-state index in [1.165, 1.54) is 11.8 Å². The van der Waals surface area contributed by atoms with Crippen LogP contribution in [0.1, 0.15) is 16.8 Å². The molecule has 84 valence electrons. The second-order valence-electron chi connectivity index (χ2n) is 3.49. The number of benzene rings is 1. The van der Waals surface area contributed by atoms with E-state index >= 15 is 0 Å². The lowest BCUT2D eigenvalue weighted by molar-refractivity contribution is -0.112. The van der Waals surface area contributed by atoms with Gasteiger partial charge in [0.25, 0.3) is 5.91 Å². The van der Waals surface area contributed by atoms with E-state index in [-0.39, 0.29) is 17.1 Å². The molecule has 16 heavy (non-hydrogen) atoms. The highest BCUT2D eigenvalue weighted by Crippen LogP contribution is 2.20. The van der Waals surface area contributed by atoms with Crippen LogP contribution >= 0.6 is 23.4 Å². The summed E-state index contributed by atoms with van der Waals surface area (Å²) in [6.07, 6.45) is 0.711. The van der Waals surface area contributed by atoms with E-state index < -0.39 is 0 Å². The molecule has 0 spiro atoms. The van der Waals surface area contributed by atoms with Gasteiger partial charge in [-0.15, -0.1) is 0 Å². The lowest BCUT2D eigenvalue weighted by Crippen LogP contribution is -2.37. The van der Waals surface area contributed by atoms with Gasteiger partial charge in [-0.05, 0) is 30.7 Å². The van der Waals surface area contributed by atoms with E-state index in [9.17, 15) is 9.59 Å². The molecule has 1 aromatic carbocycles. The van der Waals surface area contributed by atoms with Crippen molar-refractivity contribution in [1.29, 1.82) is 0 Å². The first kappa shape index (κ1) is 11.5. The van der Waals surface area contributed by atoms with E-state index in [0.717, 1.165) is 5.75 Å². The first-order chi connectivity index (χ1) is 7.66. The Labute approximate surface area is 103 Å². The van der Waals surface area contributed by atoms with E-state index in [0.29, 0.717) is 17.0 Å². The Bertz CT molecular complexity index is 418. The SMILES string of the molecule is O=C(N[C@H]1CCSC1=O)c1ccc(Cl)cc1. The van der Waals surface area contributed by atoms with E-state index in [2.05, 4.69) is 5.32 Å². The number of amides is 1. The third kappa shape index (κ3) is 2.57. The quantitative estimate of drug-likeness (QED) is 0.880. The molecule has 1 amide bonds. The van der Waals surface area contributed by atoms with Crippen LogP contribution < -0.4 is 5.32 Å². The second-order valence-corrected chi connectivity index (χ2v) is 5.02. The van der Waals surface area contributed by atoms with Crippen molar-refractivity contribution in [1.82, 2.24) is 5.32 Å². The highest BCUT2D eigenvalue weighted by atomic mass is 35.5. The molecule has 0 bridgehead atoms. The minimum Gasteiger partial charge on any atom is -0.341 e. The maximum atomic E-state index is 11.7. The average Bonchev–Trinajstić information content (AvgIpc) is 2.65. The molecule has 0 radical (unpaired) electrons. The summed E-state index contributed by atoms with van der Waals surface area (Å²) in [5, 5.41) is 3.34. The van der Waals surface area contributed by atoms with Crippen LogP contribution in [0.15, 0.2) is 24.3 Å². The monoisotopic (exact) mass is 255 g/mol. The maximum Gasteiger partial charge on any atom is 0.251 e. The summed E-state index contributed by atoms with van der Waals surface area (Å²) in [5.41, 5.74) is 0.522. The molecule has 1 aliphatic rings. The predicted molar refractivity (Wildman–Crippen MR) is 64.8 cm³/mol. The lowest BCUT2D eigenvalue weighted by Gasteiger charge is -2.09. The van der Waals surface area contributed by atoms with Crippen LogP contribution in [-0.4, -0.2) is 22.8 Å². The largest absolute Gasteiger partial charge is 0.341 e. The molecule has 5 heteroatoms. The summed E-state index contributed by atoms with van der Waals surface area (Å²) in [6.45, 7) is 0. The maximum absolute atomic E-state index is 11.7. The summed E-state index contributed by atoms with van der Waals surface area (Å²) in [6, 6.07) is 6.26. The highest BCUT2D eigenvalue weighted by Gasteiger charge is 2.26. The number of hydrogen-bond donors (Lipinski definition) is 1. The molecule has 0 aromatic heterocycles. The van der Waals surface area contributed by atoms with Crippen LogP contribution in [0.3, 0.4) is 0 Å². The number of carbonyl (C=O) groups excluding carboxylic acids is 2. The zero-order valence-corrected chi connectivity index (χ0v) is 9.98. The number of thioether (sulfide) groups is 1. The molecule has 1 N–H and O–H groups in total. The summed E-state index contributed by atoms with van der Waals surface area (Å²) >= 11 is 6.99. The number of nitrogens with one attached hydrogen (secondary N) is 1. The van der Waals surface area contributed by atoms with Crippen molar-refractivity contribution in [3.05, 3.63) is 34.9 Å². The van der Waals surface area contributed by atoms with Crippen molar-refractivity contribution in [2.24, 2.45) is 0 Å². The molecule has 3 nitrogen and oxygen atoms in total. The first-order valence-corrected chi connectivity index (χ1v) is 6.26. The Morgan fingerprint density at radius 1 is 1.38 bits per heavy atom. The zero-order valence-electron chi connectivity index (χ0n) is 8.40. The molecule has 0 unspecified atom stereocenters. The highest BCUT2D eigenvalue weighted by molar-refractivity contribution is 8.14. The molecule has 1 atom stereocenters. The summed E-state index contributed by atoms with van der Waals surface area (Å²) < 4.78 is 0. The molecule has 1 heterocycles. The molecule has 1 aliphatic heterocycles. The van der Waals surface area contributed by atoms with Gasteiger partial charge in [-0.1, -0.05) is 23.4 Å². The van der Waals surface area contributed by atoms with Gasteiger partial charge in [-0.2, -0.15) is 0 Å². The number of halogens is 1. The van der Waals surface area contributed by atoms with Gasteiger partial charge in [0.1, 0.15) is 0 Å². The van der Waals surface area contributed by atoms with E-state index in [1.54, 1.807) is 24.3 Å². The molecule has 1 fully saturated rings. The molecule has 2 rings (SSSR count). The summed E-state index contributed by atoms with van der Waals surface area (Å²) in [7, 11) is 0. The normalized spacial score (nSPS) is 19.8. The number of hydrogen-bond acceptors (Lipinski definition) is 3. The zero-order chi connectivity index (χ0) is 11.5. The van der Waals surface area contributed by atoms with Crippen molar-refractivity contribution < 1.29 is 9.59 Å². The molecule has 0 aliphatic carbocycles. The lowest BCUT2D eigenvalue weighted by atomic mass is 10.2. The van der Waals surface area contributed by atoms with Gasteiger partial charge in [0.15, 0.2) is 0 Å². The van der Waals surface area contributed by atoms with Crippen molar-refractivity contribution in [3.8, 4) is 0 Å². The molecule has 1 saturated heterocycles. The van der Waals surface area contributed by atoms with Gasteiger partial charge in [-0.25, -0.2) is 0 Å².